The number of ether oxygens (including phenoxy) is 2. The number of halogens is 1. The van der Waals surface area contributed by atoms with Gasteiger partial charge in [-0.2, -0.15) is 0 Å². The molecule has 0 aliphatic rings. The first kappa shape index (κ1) is 24.9. The van der Waals surface area contributed by atoms with Gasteiger partial charge in [-0.1, -0.05) is 6.42 Å². The lowest BCUT2D eigenvalue weighted by atomic mass is 9.73. The van der Waals surface area contributed by atoms with Crippen LogP contribution in [0, 0.1) is 5.41 Å². The molecular weight excluding hydrogens is 442 g/mol. The summed E-state index contributed by atoms with van der Waals surface area (Å²) in [6.07, 6.45) is 3.56. The molecule has 0 amide bonds. The van der Waals surface area contributed by atoms with Crippen LogP contribution in [0.1, 0.15) is 70.7 Å². The lowest BCUT2D eigenvalue weighted by molar-refractivity contribution is -0.167. The maximum atomic E-state index is 13.3. The second kappa shape index (κ2) is 10.6. The summed E-state index contributed by atoms with van der Waals surface area (Å²) in [6, 6.07) is 1.51. The number of ketones is 2. The minimum absolute atomic E-state index is 0.0675. The van der Waals surface area contributed by atoms with E-state index >= 15 is 0 Å². The molecule has 1 atom stereocenters. The average molecular weight is 470 g/mol. The fraction of sp³-hybridized carbons (Fsp3) is 0.571. The quantitative estimate of drug-likeness (QED) is 0.220. The highest BCUT2D eigenvalue weighted by Gasteiger charge is 2.52. The molecule has 160 valence electrons. The van der Waals surface area contributed by atoms with Gasteiger partial charge in [-0.15, -0.1) is 0 Å². The number of rotatable bonds is 10. The van der Waals surface area contributed by atoms with Gasteiger partial charge in [0.1, 0.15) is 5.60 Å². The van der Waals surface area contributed by atoms with Crippen LogP contribution in [-0.2, 0) is 23.9 Å². The summed E-state index contributed by atoms with van der Waals surface area (Å²) in [6.45, 7) is 8.21. The summed E-state index contributed by atoms with van der Waals surface area (Å²) < 4.78 is 10.9. The molecule has 1 heterocycles. The van der Waals surface area contributed by atoms with Crippen LogP contribution in [0.4, 0.5) is 0 Å². The van der Waals surface area contributed by atoms with Crippen molar-refractivity contribution < 1.29 is 28.7 Å². The van der Waals surface area contributed by atoms with Crippen molar-refractivity contribution in [3.63, 3.8) is 0 Å². The van der Waals surface area contributed by atoms with E-state index in [1.165, 1.54) is 25.4 Å². The maximum absolute atomic E-state index is 13.3. The van der Waals surface area contributed by atoms with Crippen molar-refractivity contribution in [3.05, 3.63) is 28.5 Å². The molecule has 0 radical (unpaired) electrons. The van der Waals surface area contributed by atoms with Crippen LogP contribution >= 0.6 is 15.9 Å². The highest BCUT2D eigenvalue weighted by molar-refractivity contribution is 9.10. The van der Waals surface area contributed by atoms with Crippen molar-refractivity contribution in [2.45, 2.75) is 65.9 Å². The third kappa shape index (κ3) is 7.03. The number of carbonyl (C=O) groups is 4. The molecule has 0 fully saturated rings. The molecule has 0 N–H and O–H groups in total. The van der Waals surface area contributed by atoms with Gasteiger partial charge in [-0.3, -0.25) is 24.2 Å². The minimum atomic E-state index is -2.00. The molecule has 0 aliphatic carbocycles. The van der Waals surface area contributed by atoms with E-state index in [1.54, 1.807) is 27.7 Å². The van der Waals surface area contributed by atoms with E-state index in [4.69, 9.17) is 9.47 Å². The fourth-order valence-corrected chi connectivity index (χ4v) is 3.19. The molecule has 29 heavy (non-hydrogen) atoms. The second-order valence-electron chi connectivity index (χ2n) is 7.70. The Bertz CT molecular complexity index is 771. The number of carbonyl (C=O) groups excluding carboxylic acids is 4. The number of esters is 2. The molecule has 0 saturated carbocycles. The Balaban J connectivity index is 3.22. The zero-order chi connectivity index (χ0) is 22.2. The Morgan fingerprint density at radius 1 is 1.10 bits per heavy atom. The summed E-state index contributed by atoms with van der Waals surface area (Å²) in [5, 5.41) is 0. The summed E-state index contributed by atoms with van der Waals surface area (Å²) in [4.78, 5) is 54.6. The van der Waals surface area contributed by atoms with Crippen LogP contribution in [0.5, 0.6) is 0 Å². The Labute approximate surface area is 179 Å². The smallest absolute Gasteiger partial charge is 0.328 e. The van der Waals surface area contributed by atoms with Gasteiger partial charge >= 0.3 is 11.9 Å². The van der Waals surface area contributed by atoms with Crippen molar-refractivity contribution in [2.75, 3.05) is 6.61 Å². The molecule has 1 aromatic heterocycles. The molecule has 0 saturated heterocycles. The molecule has 0 bridgehead atoms. The number of hydrogen-bond donors (Lipinski definition) is 0. The van der Waals surface area contributed by atoms with Gasteiger partial charge in [0.25, 0.3) is 0 Å². The molecule has 1 aromatic rings. The molecule has 0 spiro atoms. The van der Waals surface area contributed by atoms with Crippen molar-refractivity contribution in [3.8, 4) is 0 Å². The van der Waals surface area contributed by atoms with E-state index in [0.29, 0.717) is 17.3 Å². The number of hydrogen-bond acceptors (Lipinski definition) is 7. The number of nitrogens with zero attached hydrogens (tertiary/aromatic N) is 1. The van der Waals surface area contributed by atoms with Crippen LogP contribution in [-0.4, -0.2) is 40.7 Å². The fourth-order valence-electron chi connectivity index (χ4n) is 2.83. The van der Waals surface area contributed by atoms with Crippen molar-refractivity contribution in [1.82, 2.24) is 4.98 Å². The lowest BCUT2D eigenvalue weighted by Gasteiger charge is -2.31. The normalized spacial score (nSPS) is 13.3. The molecule has 1 rings (SSSR count). The topological polar surface area (TPSA) is 99.6 Å². The Hall–Kier alpha value is -2.09. The summed E-state index contributed by atoms with van der Waals surface area (Å²) >= 11 is 3.25. The van der Waals surface area contributed by atoms with Crippen molar-refractivity contribution in [2.24, 2.45) is 5.41 Å². The largest absolute Gasteiger partial charge is 0.466 e. The van der Waals surface area contributed by atoms with E-state index < -0.39 is 28.6 Å². The molecule has 0 aromatic carbocycles. The van der Waals surface area contributed by atoms with Crippen molar-refractivity contribution in [1.29, 1.82) is 0 Å². The lowest BCUT2D eigenvalue weighted by Crippen LogP contribution is -2.48. The average Bonchev–Trinajstić information content (AvgIpc) is 2.59. The Morgan fingerprint density at radius 2 is 1.76 bits per heavy atom. The van der Waals surface area contributed by atoms with Gasteiger partial charge in [0, 0.05) is 28.9 Å². The van der Waals surface area contributed by atoms with E-state index in [2.05, 4.69) is 20.9 Å². The van der Waals surface area contributed by atoms with E-state index in [9.17, 15) is 19.2 Å². The number of unbranched alkanes of at least 4 members (excludes halogenated alkanes) is 1. The van der Waals surface area contributed by atoms with Crippen LogP contribution in [0.25, 0.3) is 0 Å². The zero-order valence-electron chi connectivity index (χ0n) is 17.5. The standard InChI is InChI=1S/C21H28BrNO6/c1-6-28-17(25)9-7-8-10-21(14(2)24,19(27)29-20(3,4)5)18(26)15-11-16(22)13-23-12-15/h11-13H,6-10H2,1-5H3. The monoisotopic (exact) mass is 469 g/mol. The molecule has 1 unspecified atom stereocenters. The highest BCUT2D eigenvalue weighted by atomic mass is 79.9. The minimum Gasteiger partial charge on any atom is -0.466 e. The Morgan fingerprint density at radius 3 is 2.28 bits per heavy atom. The summed E-state index contributed by atoms with van der Waals surface area (Å²) in [5.74, 6) is -2.52. The van der Waals surface area contributed by atoms with Gasteiger partial charge in [0.2, 0.25) is 0 Å². The first-order chi connectivity index (χ1) is 13.4. The molecular formula is C21H28BrNO6. The number of Topliss-reactive ketones (excluding diaryl/α,β-unsaturated/α-hetero) is 2. The molecule has 8 heteroatoms. The predicted molar refractivity (Wildman–Crippen MR) is 110 cm³/mol. The third-order valence-electron chi connectivity index (χ3n) is 4.19. The number of pyridine rings is 1. The molecule has 7 nitrogen and oxygen atoms in total. The van der Waals surface area contributed by atoms with E-state index in [-0.39, 0.29) is 31.0 Å². The van der Waals surface area contributed by atoms with Crippen LogP contribution in [0.15, 0.2) is 22.9 Å². The first-order valence-electron chi connectivity index (χ1n) is 9.49. The van der Waals surface area contributed by atoms with Crippen LogP contribution < -0.4 is 0 Å². The van der Waals surface area contributed by atoms with Gasteiger partial charge in [0.15, 0.2) is 17.0 Å². The Kier molecular flexibility index (Phi) is 9.14. The van der Waals surface area contributed by atoms with Crippen LogP contribution in [0.3, 0.4) is 0 Å². The van der Waals surface area contributed by atoms with E-state index in [0.717, 1.165) is 0 Å². The summed E-state index contributed by atoms with van der Waals surface area (Å²) in [5.41, 5.74) is -2.74. The summed E-state index contributed by atoms with van der Waals surface area (Å²) in [7, 11) is 0. The third-order valence-corrected chi connectivity index (χ3v) is 4.62. The van der Waals surface area contributed by atoms with Gasteiger partial charge < -0.3 is 9.47 Å². The van der Waals surface area contributed by atoms with Gasteiger partial charge in [-0.05, 0) is 69.5 Å². The predicted octanol–water partition coefficient (Wildman–Crippen LogP) is 4.07. The SMILES string of the molecule is CCOC(=O)CCCCC(C(C)=O)(C(=O)OC(C)(C)C)C(=O)c1cncc(Br)c1. The zero-order valence-corrected chi connectivity index (χ0v) is 19.1. The highest BCUT2D eigenvalue weighted by Crippen LogP contribution is 2.34. The van der Waals surface area contributed by atoms with E-state index in [1.807, 2.05) is 0 Å². The molecule has 0 aliphatic heterocycles. The van der Waals surface area contributed by atoms with Gasteiger partial charge in [-0.25, -0.2) is 0 Å². The number of aromatic nitrogens is 1. The first-order valence-corrected chi connectivity index (χ1v) is 10.3. The second-order valence-corrected chi connectivity index (χ2v) is 8.61. The van der Waals surface area contributed by atoms with Gasteiger partial charge in [0.05, 0.1) is 6.61 Å². The maximum Gasteiger partial charge on any atom is 0.328 e. The van der Waals surface area contributed by atoms with Crippen molar-refractivity contribution >= 4 is 39.4 Å². The van der Waals surface area contributed by atoms with Crippen LogP contribution in [0.2, 0.25) is 0 Å².